The maximum absolute atomic E-state index is 12.8. The van der Waals surface area contributed by atoms with E-state index in [4.69, 9.17) is 0 Å². The zero-order chi connectivity index (χ0) is 21.7. The number of aromatic nitrogens is 4. The molecule has 3 aromatic carbocycles. The van der Waals surface area contributed by atoms with Crippen LogP contribution in [0, 0.1) is 0 Å². The van der Waals surface area contributed by atoms with Crippen LogP contribution in [0.5, 0.6) is 0 Å². The third kappa shape index (κ3) is 5.14. The number of aryl methyl sites for hydroxylation is 1. The molecule has 0 radical (unpaired) electrons. The number of anilines is 1. The molecule has 0 fully saturated rings. The molecule has 0 amide bonds. The van der Waals surface area contributed by atoms with E-state index in [9.17, 15) is 13.5 Å². The van der Waals surface area contributed by atoms with Gasteiger partial charge in [-0.2, -0.15) is 0 Å². The van der Waals surface area contributed by atoms with Crippen molar-refractivity contribution in [2.45, 2.75) is 23.8 Å². The van der Waals surface area contributed by atoms with Gasteiger partial charge in [0.1, 0.15) is 6.33 Å². The molecule has 1 unspecified atom stereocenters. The lowest BCUT2D eigenvalue weighted by Gasteiger charge is -2.12. The van der Waals surface area contributed by atoms with Crippen LogP contribution in [0.1, 0.15) is 23.7 Å². The predicted molar refractivity (Wildman–Crippen MR) is 116 cm³/mol. The van der Waals surface area contributed by atoms with E-state index in [0.29, 0.717) is 24.2 Å². The minimum atomic E-state index is -3.77. The second-order valence-corrected chi connectivity index (χ2v) is 8.70. The van der Waals surface area contributed by atoms with Crippen molar-refractivity contribution < 1.29 is 13.5 Å². The molecule has 0 aliphatic carbocycles. The number of sulfonamides is 1. The minimum Gasteiger partial charge on any atom is -0.388 e. The summed E-state index contributed by atoms with van der Waals surface area (Å²) in [5, 5.41) is 21.2. The Bertz CT molecular complexity index is 1230. The molecule has 1 atom stereocenters. The summed E-state index contributed by atoms with van der Waals surface area (Å²) in [7, 11) is -3.77. The Balaban J connectivity index is 1.41. The number of rotatable bonds is 8. The van der Waals surface area contributed by atoms with Crippen LogP contribution >= 0.6 is 0 Å². The van der Waals surface area contributed by atoms with Crippen molar-refractivity contribution in [2.24, 2.45) is 0 Å². The number of benzene rings is 3. The molecule has 0 bridgehead atoms. The molecule has 8 nitrogen and oxygen atoms in total. The number of aliphatic hydroxyl groups is 1. The van der Waals surface area contributed by atoms with Crippen molar-refractivity contribution in [1.29, 1.82) is 0 Å². The summed E-state index contributed by atoms with van der Waals surface area (Å²) in [5.74, 6) is 0. The second-order valence-electron chi connectivity index (χ2n) is 7.02. The third-order valence-corrected chi connectivity index (χ3v) is 6.22. The first-order chi connectivity index (χ1) is 15.0. The Morgan fingerprint density at radius 3 is 2.45 bits per heavy atom. The maximum atomic E-state index is 12.8. The standard InChI is InChI=1S/C22H21N5O3S/c28-22(18-5-2-1-3-6-18)14-11-17-9-12-19(13-10-17)24-31(29,30)21-8-4-7-20(15-21)27-16-23-25-26-27/h1-10,12-13,15-16,22,24,28H,11,14H2. The summed E-state index contributed by atoms with van der Waals surface area (Å²) in [5.41, 5.74) is 2.90. The molecule has 0 saturated heterocycles. The highest BCUT2D eigenvalue weighted by atomic mass is 32.2. The lowest BCUT2D eigenvalue weighted by atomic mass is 10.0. The van der Waals surface area contributed by atoms with Gasteiger partial charge in [0.05, 0.1) is 16.7 Å². The summed E-state index contributed by atoms with van der Waals surface area (Å²) in [6.45, 7) is 0. The molecule has 9 heteroatoms. The van der Waals surface area contributed by atoms with E-state index in [-0.39, 0.29) is 4.90 Å². The normalized spacial score (nSPS) is 12.4. The molecule has 0 aliphatic rings. The molecule has 2 N–H and O–H groups in total. The van der Waals surface area contributed by atoms with E-state index in [1.54, 1.807) is 24.3 Å². The van der Waals surface area contributed by atoms with Crippen molar-refractivity contribution in [3.8, 4) is 5.69 Å². The van der Waals surface area contributed by atoms with Gasteiger partial charge in [0.2, 0.25) is 0 Å². The van der Waals surface area contributed by atoms with Crippen LogP contribution in [0.15, 0.2) is 90.1 Å². The smallest absolute Gasteiger partial charge is 0.261 e. The number of hydrogen-bond donors (Lipinski definition) is 2. The molecule has 0 aliphatic heterocycles. The van der Waals surface area contributed by atoms with Crippen molar-refractivity contribution in [3.63, 3.8) is 0 Å². The monoisotopic (exact) mass is 435 g/mol. The van der Waals surface area contributed by atoms with Gasteiger partial charge in [0.15, 0.2) is 0 Å². The summed E-state index contributed by atoms with van der Waals surface area (Å²) in [6, 6.07) is 23.0. The zero-order valence-corrected chi connectivity index (χ0v) is 17.4. The van der Waals surface area contributed by atoms with Gasteiger partial charge >= 0.3 is 0 Å². The number of tetrazole rings is 1. The van der Waals surface area contributed by atoms with E-state index in [0.717, 1.165) is 11.1 Å². The lowest BCUT2D eigenvalue weighted by molar-refractivity contribution is 0.168. The first kappa shape index (κ1) is 20.7. The number of nitrogens with one attached hydrogen (secondary N) is 1. The average Bonchev–Trinajstić information content (AvgIpc) is 3.34. The van der Waals surface area contributed by atoms with E-state index in [1.807, 2.05) is 42.5 Å². The van der Waals surface area contributed by atoms with Gasteiger partial charge in [-0.3, -0.25) is 4.72 Å². The van der Waals surface area contributed by atoms with Gasteiger partial charge in [-0.15, -0.1) is 5.10 Å². The van der Waals surface area contributed by atoms with Crippen LogP contribution in [0.3, 0.4) is 0 Å². The summed E-state index contributed by atoms with van der Waals surface area (Å²) in [4.78, 5) is 0.107. The van der Waals surface area contributed by atoms with E-state index in [2.05, 4.69) is 20.2 Å². The van der Waals surface area contributed by atoms with Crippen LogP contribution in [-0.4, -0.2) is 33.7 Å². The topological polar surface area (TPSA) is 110 Å². The molecule has 31 heavy (non-hydrogen) atoms. The Morgan fingerprint density at radius 2 is 1.74 bits per heavy atom. The Morgan fingerprint density at radius 1 is 0.968 bits per heavy atom. The molecular weight excluding hydrogens is 414 g/mol. The van der Waals surface area contributed by atoms with Crippen LogP contribution < -0.4 is 4.72 Å². The van der Waals surface area contributed by atoms with Gasteiger partial charge in [-0.05, 0) is 64.7 Å². The average molecular weight is 436 g/mol. The highest BCUT2D eigenvalue weighted by Crippen LogP contribution is 2.21. The number of hydrogen-bond acceptors (Lipinski definition) is 6. The fraction of sp³-hybridized carbons (Fsp3) is 0.136. The molecular formula is C22H21N5O3S. The highest BCUT2D eigenvalue weighted by Gasteiger charge is 2.15. The largest absolute Gasteiger partial charge is 0.388 e. The Labute approximate surface area is 180 Å². The zero-order valence-electron chi connectivity index (χ0n) is 16.5. The van der Waals surface area contributed by atoms with Crippen molar-refractivity contribution in [1.82, 2.24) is 20.2 Å². The van der Waals surface area contributed by atoms with E-state index < -0.39 is 16.1 Å². The van der Waals surface area contributed by atoms with Gasteiger partial charge in [-0.25, -0.2) is 13.1 Å². The van der Waals surface area contributed by atoms with Gasteiger partial charge in [0.25, 0.3) is 10.0 Å². The van der Waals surface area contributed by atoms with Crippen molar-refractivity contribution in [2.75, 3.05) is 4.72 Å². The van der Waals surface area contributed by atoms with Crippen LogP contribution in [0.25, 0.3) is 5.69 Å². The first-order valence-corrected chi connectivity index (χ1v) is 11.2. The predicted octanol–water partition coefficient (Wildman–Crippen LogP) is 3.13. The summed E-state index contributed by atoms with van der Waals surface area (Å²) in [6.07, 6.45) is 2.12. The maximum Gasteiger partial charge on any atom is 0.261 e. The molecule has 158 valence electrons. The number of aliphatic hydroxyl groups excluding tert-OH is 1. The fourth-order valence-electron chi connectivity index (χ4n) is 3.17. The lowest BCUT2D eigenvalue weighted by Crippen LogP contribution is -2.13. The van der Waals surface area contributed by atoms with Crippen LogP contribution in [0.4, 0.5) is 5.69 Å². The third-order valence-electron chi connectivity index (χ3n) is 4.84. The first-order valence-electron chi connectivity index (χ1n) is 9.69. The second kappa shape index (κ2) is 9.07. The minimum absolute atomic E-state index is 0.107. The molecule has 4 aromatic rings. The SMILES string of the molecule is O=S(=O)(Nc1ccc(CCC(O)c2ccccc2)cc1)c1cccc(-n2cnnn2)c1. The Kier molecular flexibility index (Phi) is 6.06. The van der Waals surface area contributed by atoms with Crippen LogP contribution in [0.2, 0.25) is 0 Å². The Hall–Kier alpha value is -3.56. The van der Waals surface area contributed by atoms with Gasteiger partial charge in [-0.1, -0.05) is 48.5 Å². The fourth-order valence-corrected chi connectivity index (χ4v) is 4.27. The van der Waals surface area contributed by atoms with Gasteiger partial charge < -0.3 is 5.11 Å². The van der Waals surface area contributed by atoms with E-state index >= 15 is 0 Å². The van der Waals surface area contributed by atoms with Crippen molar-refractivity contribution >= 4 is 15.7 Å². The summed E-state index contributed by atoms with van der Waals surface area (Å²) < 4.78 is 29.5. The molecule has 1 heterocycles. The van der Waals surface area contributed by atoms with Gasteiger partial charge in [0, 0.05) is 5.69 Å². The van der Waals surface area contributed by atoms with Crippen molar-refractivity contribution in [3.05, 3.63) is 96.3 Å². The number of nitrogens with zero attached hydrogens (tertiary/aromatic N) is 4. The highest BCUT2D eigenvalue weighted by molar-refractivity contribution is 7.92. The molecule has 0 saturated carbocycles. The summed E-state index contributed by atoms with van der Waals surface area (Å²) >= 11 is 0. The van der Waals surface area contributed by atoms with E-state index in [1.165, 1.54) is 23.1 Å². The molecule has 1 aromatic heterocycles. The molecule has 4 rings (SSSR count). The molecule has 0 spiro atoms. The quantitative estimate of drug-likeness (QED) is 0.440. The van der Waals surface area contributed by atoms with Crippen LogP contribution in [-0.2, 0) is 16.4 Å².